The summed E-state index contributed by atoms with van der Waals surface area (Å²) >= 11 is 5.75. The minimum absolute atomic E-state index is 0.0619. The SMILES string of the molecule is CNC(=S)C1(c2cccnc2)CCCCC1CCNS(=O)(=O)c1ccc(F)cc1. The van der Waals surface area contributed by atoms with Crippen molar-refractivity contribution >= 4 is 27.2 Å². The number of nitrogens with one attached hydrogen (secondary N) is 2. The van der Waals surface area contributed by atoms with E-state index in [1.54, 1.807) is 6.20 Å². The molecule has 5 nitrogen and oxygen atoms in total. The van der Waals surface area contributed by atoms with Crippen molar-refractivity contribution in [3.63, 3.8) is 0 Å². The highest BCUT2D eigenvalue weighted by Gasteiger charge is 2.45. The molecule has 2 aromatic rings. The predicted molar refractivity (Wildman–Crippen MR) is 116 cm³/mol. The van der Waals surface area contributed by atoms with E-state index in [-0.39, 0.29) is 16.2 Å². The van der Waals surface area contributed by atoms with Gasteiger partial charge in [0, 0.05) is 31.4 Å². The molecule has 0 radical (unpaired) electrons. The molecule has 2 unspecified atom stereocenters. The molecular weight excluding hydrogens is 409 g/mol. The average Bonchev–Trinajstić information content (AvgIpc) is 2.74. The molecule has 2 N–H and O–H groups in total. The van der Waals surface area contributed by atoms with Gasteiger partial charge in [0.15, 0.2) is 0 Å². The van der Waals surface area contributed by atoms with Crippen molar-refractivity contribution in [1.29, 1.82) is 0 Å². The number of likely N-dealkylation sites (N-methyl/N-ethyl adjacent to an activating group) is 1. The molecule has 1 aliphatic carbocycles. The first-order valence-electron chi connectivity index (χ1n) is 9.78. The summed E-state index contributed by atoms with van der Waals surface area (Å²) in [4.78, 5) is 5.13. The fourth-order valence-electron chi connectivity index (χ4n) is 4.36. The third-order valence-corrected chi connectivity index (χ3v) is 7.83. The van der Waals surface area contributed by atoms with Crippen LogP contribution >= 0.6 is 12.2 Å². The van der Waals surface area contributed by atoms with Gasteiger partial charge in [-0.25, -0.2) is 17.5 Å². The zero-order valence-corrected chi connectivity index (χ0v) is 18.0. The maximum Gasteiger partial charge on any atom is 0.240 e. The number of hydrogen-bond acceptors (Lipinski definition) is 4. The van der Waals surface area contributed by atoms with Gasteiger partial charge in [0.1, 0.15) is 5.82 Å². The second kappa shape index (κ2) is 9.28. The Hall–Kier alpha value is -1.90. The Morgan fingerprint density at radius 2 is 2.03 bits per heavy atom. The summed E-state index contributed by atoms with van der Waals surface area (Å²) in [6.07, 6.45) is 8.29. The van der Waals surface area contributed by atoms with Crippen molar-refractivity contribution in [1.82, 2.24) is 15.0 Å². The second-order valence-corrected chi connectivity index (χ2v) is 9.55. The lowest BCUT2D eigenvalue weighted by Crippen LogP contribution is -2.50. The molecule has 1 aromatic carbocycles. The molecule has 1 fully saturated rings. The minimum Gasteiger partial charge on any atom is -0.382 e. The third kappa shape index (κ3) is 4.65. The first-order chi connectivity index (χ1) is 13.9. The van der Waals surface area contributed by atoms with Gasteiger partial charge in [-0.15, -0.1) is 0 Å². The molecule has 0 saturated heterocycles. The lowest BCUT2D eigenvalue weighted by atomic mass is 9.61. The molecule has 0 spiro atoms. The van der Waals surface area contributed by atoms with Crippen molar-refractivity contribution < 1.29 is 12.8 Å². The lowest BCUT2D eigenvalue weighted by molar-refractivity contribution is 0.239. The molecular formula is C21H26FN3O2S2. The molecule has 2 atom stereocenters. The number of sulfonamides is 1. The zero-order chi connectivity index (χ0) is 20.9. The van der Waals surface area contributed by atoms with Crippen LogP contribution in [0.15, 0.2) is 53.7 Å². The van der Waals surface area contributed by atoms with Crippen LogP contribution in [0.1, 0.15) is 37.7 Å². The van der Waals surface area contributed by atoms with Crippen LogP contribution in [0.3, 0.4) is 0 Å². The Balaban J connectivity index is 1.79. The summed E-state index contributed by atoms with van der Waals surface area (Å²) in [6, 6.07) is 8.81. The lowest BCUT2D eigenvalue weighted by Gasteiger charge is -2.45. The Morgan fingerprint density at radius 3 is 2.69 bits per heavy atom. The van der Waals surface area contributed by atoms with Gasteiger partial charge in [-0.05, 0) is 61.1 Å². The Kier molecular flexibility index (Phi) is 6.97. The minimum atomic E-state index is -3.68. The van der Waals surface area contributed by atoms with Gasteiger partial charge in [-0.1, -0.05) is 31.1 Å². The maximum atomic E-state index is 13.1. The average molecular weight is 436 g/mol. The van der Waals surface area contributed by atoms with Gasteiger partial charge in [0.2, 0.25) is 10.0 Å². The smallest absolute Gasteiger partial charge is 0.240 e. The highest BCUT2D eigenvalue weighted by atomic mass is 32.2. The Morgan fingerprint density at radius 1 is 1.28 bits per heavy atom. The largest absolute Gasteiger partial charge is 0.382 e. The van der Waals surface area contributed by atoms with Gasteiger partial charge in [-0.2, -0.15) is 0 Å². The summed E-state index contributed by atoms with van der Waals surface area (Å²) in [5, 5.41) is 3.17. The molecule has 1 aliphatic rings. The van der Waals surface area contributed by atoms with E-state index >= 15 is 0 Å². The van der Waals surface area contributed by atoms with Gasteiger partial charge in [-0.3, -0.25) is 4.98 Å². The van der Waals surface area contributed by atoms with Gasteiger partial charge >= 0.3 is 0 Å². The summed E-state index contributed by atoms with van der Waals surface area (Å²) in [7, 11) is -1.85. The monoisotopic (exact) mass is 435 g/mol. The first kappa shape index (κ1) is 21.8. The Bertz CT molecular complexity index is 936. The number of thiocarbonyl (C=S) groups is 1. The highest BCUT2D eigenvalue weighted by Crippen LogP contribution is 2.46. The molecule has 29 heavy (non-hydrogen) atoms. The molecule has 0 aliphatic heterocycles. The number of aromatic nitrogens is 1. The zero-order valence-electron chi connectivity index (χ0n) is 16.4. The highest BCUT2D eigenvalue weighted by molar-refractivity contribution is 7.89. The first-order valence-corrected chi connectivity index (χ1v) is 11.7. The van der Waals surface area contributed by atoms with Crippen molar-refractivity contribution in [2.24, 2.45) is 5.92 Å². The van der Waals surface area contributed by atoms with E-state index in [1.807, 2.05) is 19.3 Å². The van der Waals surface area contributed by atoms with Crippen LogP contribution in [0.5, 0.6) is 0 Å². The molecule has 0 bridgehead atoms. The molecule has 8 heteroatoms. The number of rotatable bonds is 7. The van der Waals surface area contributed by atoms with Crippen LogP contribution in [0.4, 0.5) is 4.39 Å². The van der Waals surface area contributed by atoms with Crippen LogP contribution in [-0.4, -0.2) is 32.0 Å². The summed E-state index contributed by atoms with van der Waals surface area (Å²) < 4.78 is 40.8. The number of benzene rings is 1. The van der Waals surface area contributed by atoms with Gasteiger partial charge < -0.3 is 5.32 Å². The normalized spacial score (nSPS) is 22.2. The topological polar surface area (TPSA) is 71.1 Å². The fraction of sp³-hybridized carbons (Fsp3) is 0.429. The fourth-order valence-corrected chi connectivity index (χ4v) is 5.79. The number of hydrogen-bond donors (Lipinski definition) is 2. The number of halogens is 1. The second-order valence-electron chi connectivity index (χ2n) is 7.38. The van der Waals surface area contributed by atoms with Crippen LogP contribution < -0.4 is 10.0 Å². The van der Waals surface area contributed by atoms with E-state index in [4.69, 9.17) is 12.2 Å². The van der Waals surface area contributed by atoms with E-state index in [0.29, 0.717) is 13.0 Å². The molecule has 0 amide bonds. The number of pyridine rings is 1. The Labute approximate surface area is 177 Å². The summed E-state index contributed by atoms with van der Waals surface area (Å²) in [5.74, 6) is -0.274. The predicted octanol–water partition coefficient (Wildman–Crippen LogP) is 3.56. The van der Waals surface area contributed by atoms with Gasteiger partial charge in [0.25, 0.3) is 0 Å². The van der Waals surface area contributed by atoms with Crippen LogP contribution in [0, 0.1) is 11.7 Å². The van der Waals surface area contributed by atoms with Crippen LogP contribution in [0.25, 0.3) is 0 Å². The van der Waals surface area contributed by atoms with E-state index in [1.165, 1.54) is 12.1 Å². The van der Waals surface area contributed by atoms with Crippen LogP contribution in [0.2, 0.25) is 0 Å². The van der Waals surface area contributed by atoms with Crippen molar-refractivity contribution in [3.8, 4) is 0 Å². The molecule has 1 heterocycles. The molecule has 1 saturated carbocycles. The molecule has 1 aromatic heterocycles. The van der Waals surface area contributed by atoms with Crippen LogP contribution in [-0.2, 0) is 15.4 Å². The van der Waals surface area contributed by atoms with Crippen molar-refractivity contribution in [3.05, 3.63) is 60.2 Å². The van der Waals surface area contributed by atoms with Crippen molar-refractivity contribution in [2.75, 3.05) is 13.6 Å². The summed E-state index contributed by atoms with van der Waals surface area (Å²) in [6.45, 7) is 0.290. The van der Waals surface area contributed by atoms with E-state index in [9.17, 15) is 12.8 Å². The maximum absolute atomic E-state index is 13.1. The summed E-state index contributed by atoms with van der Waals surface area (Å²) in [5.41, 5.74) is 0.725. The van der Waals surface area contributed by atoms with E-state index in [0.717, 1.165) is 48.4 Å². The quantitative estimate of drug-likeness (QED) is 0.651. The molecule has 156 valence electrons. The van der Waals surface area contributed by atoms with Crippen molar-refractivity contribution in [2.45, 2.75) is 42.4 Å². The molecule has 3 rings (SSSR count). The van der Waals surface area contributed by atoms with E-state index < -0.39 is 15.8 Å². The number of nitrogens with zero attached hydrogens (tertiary/aromatic N) is 1. The van der Waals surface area contributed by atoms with Gasteiger partial charge in [0.05, 0.1) is 9.88 Å². The standard InChI is InChI=1S/C21H26FN3O2S2/c1-23-20(28)21(17-6-4-13-24-15-17)12-3-2-5-16(21)11-14-25-29(26,27)19-9-7-18(22)8-10-19/h4,6-10,13,15-16,25H,2-3,5,11-12,14H2,1H3,(H,23,28). The third-order valence-electron chi connectivity index (χ3n) is 5.79. The van der Waals surface area contributed by atoms with E-state index in [2.05, 4.69) is 21.1 Å².